The van der Waals surface area contributed by atoms with E-state index in [9.17, 15) is 4.79 Å². The number of aromatic nitrogens is 4. The number of carbonyl (C=O) groups excluding carboxylic acids is 1. The Morgan fingerprint density at radius 2 is 1.78 bits per heavy atom. The first-order valence-electron chi connectivity index (χ1n) is 7.08. The Kier molecular flexibility index (Phi) is 4.58. The summed E-state index contributed by atoms with van der Waals surface area (Å²) < 4.78 is 5.24. The Morgan fingerprint density at radius 1 is 1.09 bits per heavy atom. The van der Waals surface area contributed by atoms with Crippen molar-refractivity contribution in [2.24, 2.45) is 0 Å². The zero-order valence-corrected chi connectivity index (χ0v) is 12.2. The summed E-state index contributed by atoms with van der Waals surface area (Å²) in [6.45, 7) is 0.195. The second kappa shape index (κ2) is 7.17. The quantitative estimate of drug-likeness (QED) is 0.754. The molecule has 0 radical (unpaired) electrons. The van der Waals surface area contributed by atoms with Gasteiger partial charge in [0.15, 0.2) is 0 Å². The molecule has 0 saturated carbocycles. The van der Waals surface area contributed by atoms with Gasteiger partial charge in [0.25, 0.3) is 0 Å². The lowest BCUT2D eigenvalue weighted by molar-refractivity contribution is 0.137. The van der Waals surface area contributed by atoms with Crippen molar-refractivity contribution in [3.8, 4) is 0 Å². The van der Waals surface area contributed by atoms with E-state index in [0.717, 1.165) is 11.1 Å². The van der Waals surface area contributed by atoms with Crippen molar-refractivity contribution < 1.29 is 9.53 Å². The number of rotatable bonds is 5. The molecule has 0 spiro atoms. The third kappa shape index (κ3) is 3.91. The number of nitrogens with one attached hydrogen (secondary N) is 2. The molecule has 7 heteroatoms. The van der Waals surface area contributed by atoms with E-state index in [2.05, 4.69) is 25.9 Å². The molecule has 0 fully saturated rings. The molecular weight excluding hydrogens is 294 g/mol. The van der Waals surface area contributed by atoms with E-state index in [1.807, 2.05) is 60.7 Å². The van der Waals surface area contributed by atoms with Gasteiger partial charge < -0.3 is 10.1 Å². The molecule has 0 saturated heterocycles. The van der Waals surface area contributed by atoms with E-state index < -0.39 is 12.1 Å². The molecule has 3 aromatic rings. The Hall–Kier alpha value is -3.22. The molecule has 0 aliphatic heterocycles. The molecular formula is C16H15N5O2. The molecule has 116 valence electrons. The number of nitrogens with zero attached hydrogens (tertiary/aromatic N) is 3. The maximum atomic E-state index is 12.1. The highest BCUT2D eigenvalue weighted by Gasteiger charge is 2.21. The zero-order valence-electron chi connectivity index (χ0n) is 12.2. The summed E-state index contributed by atoms with van der Waals surface area (Å²) in [5.74, 6) is 0.368. The molecule has 2 N–H and O–H groups in total. The third-order valence-electron chi connectivity index (χ3n) is 3.23. The fourth-order valence-electron chi connectivity index (χ4n) is 2.12. The molecule has 7 nitrogen and oxygen atoms in total. The SMILES string of the molecule is O=C(N[C@H](c1ccccc1)c1nn[nH]n1)OCc1ccccc1. The first-order valence-corrected chi connectivity index (χ1v) is 7.08. The molecule has 1 aromatic heterocycles. The number of carbonyl (C=O) groups is 1. The average molecular weight is 309 g/mol. The van der Waals surface area contributed by atoms with Gasteiger partial charge in [-0.3, -0.25) is 0 Å². The fourth-order valence-corrected chi connectivity index (χ4v) is 2.12. The van der Waals surface area contributed by atoms with Crippen molar-refractivity contribution >= 4 is 6.09 Å². The van der Waals surface area contributed by atoms with Gasteiger partial charge in [0, 0.05) is 0 Å². The van der Waals surface area contributed by atoms with Gasteiger partial charge in [0.05, 0.1) is 0 Å². The van der Waals surface area contributed by atoms with Crippen molar-refractivity contribution in [2.45, 2.75) is 12.6 Å². The molecule has 0 bridgehead atoms. The summed E-state index contributed by atoms with van der Waals surface area (Å²) in [6.07, 6.45) is -0.549. The van der Waals surface area contributed by atoms with E-state index in [0.29, 0.717) is 5.82 Å². The Morgan fingerprint density at radius 3 is 2.43 bits per heavy atom. The van der Waals surface area contributed by atoms with Crippen molar-refractivity contribution in [3.05, 3.63) is 77.6 Å². The first kappa shape index (κ1) is 14.7. The van der Waals surface area contributed by atoms with Gasteiger partial charge in [-0.1, -0.05) is 65.9 Å². The van der Waals surface area contributed by atoms with Gasteiger partial charge in [-0.05, 0) is 11.1 Å². The number of tetrazole rings is 1. The molecule has 0 unspecified atom stereocenters. The first-order chi connectivity index (χ1) is 11.3. The molecule has 1 atom stereocenters. The van der Waals surface area contributed by atoms with E-state index in [1.165, 1.54) is 0 Å². The Balaban J connectivity index is 1.68. The highest BCUT2D eigenvalue weighted by atomic mass is 16.5. The van der Waals surface area contributed by atoms with Crippen LogP contribution in [0.4, 0.5) is 4.79 Å². The predicted octanol–water partition coefficient (Wildman–Crippen LogP) is 2.22. The zero-order chi connectivity index (χ0) is 15.9. The number of aromatic amines is 1. The summed E-state index contributed by atoms with van der Waals surface area (Å²) in [6, 6.07) is 18.3. The second-order valence-corrected chi connectivity index (χ2v) is 4.82. The number of H-pyrrole nitrogens is 1. The van der Waals surface area contributed by atoms with Crippen LogP contribution in [0.1, 0.15) is 23.0 Å². The predicted molar refractivity (Wildman–Crippen MR) is 82.2 cm³/mol. The molecule has 0 aliphatic carbocycles. The summed E-state index contributed by atoms with van der Waals surface area (Å²) >= 11 is 0. The summed E-state index contributed by atoms with van der Waals surface area (Å²) in [5, 5.41) is 16.6. The molecule has 1 heterocycles. The maximum Gasteiger partial charge on any atom is 0.408 e. The number of amides is 1. The molecule has 23 heavy (non-hydrogen) atoms. The van der Waals surface area contributed by atoms with Gasteiger partial charge >= 0.3 is 6.09 Å². The minimum Gasteiger partial charge on any atom is -0.445 e. The average Bonchev–Trinajstić information content (AvgIpc) is 3.14. The van der Waals surface area contributed by atoms with Crippen LogP contribution in [0, 0.1) is 0 Å². The number of benzene rings is 2. The van der Waals surface area contributed by atoms with Gasteiger partial charge in [0.1, 0.15) is 12.6 Å². The van der Waals surface area contributed by atoms with Crippen LogP contribution in [0.2, 0.25) is 0 Å². The van der Waals surface area contributed by atoms with Crippen LogP contribution in [0.25, 0.3) is 0 Å². The van der Waals surface area contributed by atoms with E-state index in [-0.39, 0.29) is 6.61 Å². The van der Waals surface area contributed by atoms with Gasteiger partial charge in [-0.25, -0.2) is 4.79 Å². The molecule has 3 rings (SSSR count). The smallest absolute Gasteiger partial charge is 0.408 e. The van der Waals surface area contributed by atoms with E-state index in [4.69, 9.17) is 4.74 Å². The topological polar surface area (TPSA) is 92.8 Å². The number of ether oxygens (including phenoxy) is 1. The van der Waals surface area contributed by atoms with Crippen molar-refractivity contribution in [2.75, 3.05) is 0 Å². The van der Waals surface area contributed by atoms with Crippen LogP contribution in [0.5, 0.6) is 0 Å². The molecule has 1 amide bonds. The van der Waals surface area contributed by atoms with Crippen molar-refractivity contribution in [1.29, 1.82) is 0 Å². The lowest BCUT2D eigenvalue weighted by Crippen LogP contribution is -2.30. The van der Waals surface area contributed by atoms with Crippen LogP contribution in [0.15, 0.2) is 60.7 Å². The normalized spacial score (nSPS) is 11.7. The Labute approximate surface area is 132 Å². The van der Waals surface area contributed by atoms with Crippen LogP contribution in [-0.2, 0) is 11.3 Å². The fraction of sp³-hybridized carbons (Fsp3) is 0.125. The highest BCUT2D eigenvalue weighted by molar-refractivity contribution is 5.68. The van der Waals surface area contributed by atoms with Crippen molar-refractivity contribution in [1.82, 2.24) is 25.9 Å². The van der Waals surface area contributed by atoms with E-state index in [1.54, 1.807) is 0 Å². The lowest BCUT2D eigenvalue weighted by Gasteiger charge is -2.15. The number of hydrogen-bond donors (Lipinski definition) is 2. The number of alkyl carbamates (subject to hydrolysis) is 1. The Bertz CT molecular complexity index is 732. The van der Waals surface area contributed by atoms with Gasteiger partial charge in [0.2, 0.25) is 5.82 Å². The third-order valence-corrected chi connectivity index (χ3v) is 3.23. The monoisotopic (exact) mass is 309 g/mol. The summed E-state index contributed by atoms with van der Waals surface area (Å²) in [5.41, 5.74) is 1.75. The van der Waals surface area contributed by atoms with Crippen LogP contribution < -0.4 is 5.32 Å². The van der Waals surface area contributed by atoms with Gasteiger partial charge in [-0.2, -0.15) is 5.21 Å². The minimum atomic E-state index is -0.549. The van der Waals surface area contributed by atoms with Crippen LogP contribution >= 0.6 is 0 Å². The molecule has 2 aromatic carbocycles. The highest BCUT2D eigenvalue weighted by Crippen LogP contribution is 2.18. The van der Waals surface area contributed by atoms with Crippen LogP contribution in [0.3, 0.4) is 0 Å². The second-order valence-electron chi connectivity index (χ2n) is 4.82. The van der Waals surface area contributed by atoms with Crippen LogP contribution in [-0.4, -0.2) is 26.7 Å². The minimum absolute atomic E-state index is 0.195. The van der Waals surface area contributed by atoms with Gasteiger partial charge in [-0.15, -0.1) is 10.2 Å². The van der Waals surface area contributed by atoms with Crippen molar-refractivity contribution in [3.63, 3.8) is 0 Å². The maximum absolute atomic E-state index is 12.1. The van der Waals surface area contributed by atoms with E-state index >= 15 is 0 Å². The number of hydrogen-bond acceptors (Lipinski definition) is 5. The molecule has 0 aliphatic rings. The largest absolute Gasteiger partial charge is 0.445 e. The standard InChI is InChI=1S/C16H15N5O2/c22-16(23-11-12-7-3-1-4-8-12)17-14(15-18-20-21-19-15)13-9-5-2-6-10-13/h1-10,14H,11H2,(H,17,22)(H,18,19,20,21)/t14-/m1/s1. The summed E-state index contributed by atoms with van der Waals surface area (Å²) in [4.78, 5) is 12.1. The lowest BCUT2D eigenvalue weighted by atomic mass is 10.1. The summed E-state index contributed by atoms with van der Waals surface area (Å²) in [7, 11) is 0.